The van der Waals surface area contributed by atoms with Crippen molar-refractivity contribution in [2.45, 2.75) is 19.0 Å². The SMILES string of the molecule is N[C@H](Cc1ccc(O)cc1)C(=O)NCc1ncon1. The van der Waals surface area contributed by atoms with Gasteiger partial charge < -0.3 is 20.7 Å². The predicted molar refractivity (Wildman–Crippen MR) is 65.9 cm³/mol. The summed E-state index contributed by atoms with van der Waals surface area (Å²) >= 11 is 0. The lowest BCUT2D eigenvalue weighted by Gasteiger charge is -2.11. The highest BCUT2D eigenvalue weighted by Gasteiger charge is 2.14. The van der Waals surface area contributed by atoms with E-state index in [4.69, 9.17) is 10.8 Å². The van der Waals surface area contributed by atoms with Crippen molar-refractivity contribution in [1.82, 2.24) is 15.5 Å². The van der Waals surface area contributed by atoms with Crippen LogP contribution in [0.2, 0.25) is 0 Å². The molecule has 0 bridgehead atoms. The van der Waals surface area contributed by atoms with Crippen LogP contribution in [0.25, 0.3) is 0 Å². The lowest BCUT2D eigenvalue weighted by molar-refractivity contribution is -0.122. The van der Waals surface area contributed by atoms with Gasteiger partial charge in [-0.3, -0.25) is 4.79 Å². The first-order valence-electron chi connectivity index (χ1n) is 5.71. The van der Waals surface area contributed by atoms with E-state index in [1.807, 2.05) is 0 Å². The van der Waals surface area contributed by atoms with Crippen LogP contribution in [-0.2, 0) is 17.8 Å². The Kier molecular flexibility index (Phi) is 4.09. The monoisotopic (exact) mass is 262 g/mol. The summed E-state index contributed by atoms with van der Waals surface area (Å²) in [6.45, 7) is 0.179. The normalized spacial score (nSPS) is 12.1. The van der Waals surface area contributed by atoms with Crippen LogP contribution in [0.5, 0.6) is 5.75 Å². The van der Waals surface area contributed by atoms with Gasteiger partial charge in [0.05, 0.1) is 12.6 Å². The molecule has 2 rings (SSSR count). The molecule has 7 heteroatoms. The molecule has 100 valence electrons. The topological polar surface area (TPSA) is 114 Å². The second-order valence-corrected chi connectivity index (χ2v) is 4.04. The Morgan fingerprint density at radius 3 is 2.79 bits per heavy atom. The second kappa shape index (κ2) is 5.96. The number of phenolic OH excluding ortho intramolecular Hbond substituents is 1. The van der Waals surface area contributed by atoms with E-state index in [1.54, 1.807) is 24.3 Å². The maximum atomic E-state index is 11.7. The van der Waals surface area contributed by atoms with Gasteiger partial charge in [0.2, 0.25) is 12.3 Å². The van der Waals surface area contributed by atoms with Gasteiger partial charge in [0.15, 0.2) is 5.82 Å². The highest BCUT2D eigenvalue weighted by molar-refractivity contribution is 5.81. The van der Waals surface area contributed by atoms with Crippen molar-refractivity contribution in [2.75, 3.05) is 0 Å². The van der Waals surface area contributed by atoms with E-state index in [2.05, 4.69) is 20.0 Å². The number of carbonyl (C=O) groups excluding carboxylic acids is 1. The number of nitrogens with zero attached hydrogens (tertiary/aromatic N) is 2. The molecule has 1 heterocycles. The van der Waals surface area contributed by atoms with Crippen LogP contribution < -0.4 is 11.1 Å². The Hall–Kier alpha value is -2.41. The predicted octanol–water partition coefficient (Wildman–Crippen LogP) is -0.0386. The number of nitrogens with one attached hydrogen (secondary N) is 1. The summed E-state index contributed by atoms with van der Waals surface area (Å²) in [5.74, 6) is 0.280. The molecule has 1 amide bonds. The fraction of sp³-hybridized carbons (Fsp3) is 0.250. The Morgan fingerprint density at radius 1 is 1.42 bits per heavy atom. The van der Waals surface area contributed by atoms with Gasteiger partial charge in [-0.15, -0.1) is 0 Å². The highest BCUT2D eigenvalue weighted by atomic mass is 16.5. The first kappa shape index (κ1) is 13.0. The van der Waals surface area contributed by atoms with Gasteiger partial charge in [-0.1, -0.05) is 17.3 Å². The van der Waals surface area contributed by atoms with Gasteiger partial charge in [-0.25, -0.2) is 0 Å². The molecule has 1 atom stereocenters. The lowest BCUT2D eigenvalue weighted by Crippen LogP contribution is -2.41. The minimum atomic E-state index is -0.670. The maximum absolute atomic E-state index is 11.7. The molecule has 0 aliphatic carbocycles. The van der Waals surface area contributed by atoms with Crippen LogP contribution in [0, 0.1) is 0 Å². The zero-order valence-electron chi connectivity index (χ0n) is 10.1. The van der Waals surface area contributed by atoms with Crippen LogP contribution >= 0.6 is 0 Å². The Balaban J connectivity index is 1.83. The van der Waals surface area contributed by atoms with Crippen LogP contribution in [0.3, 0.4) is 0 Å². The molecule has 0 aliphatic rings. The average molecular weight is 262 g/mol. The number of hydrogen-bond acceptors (Lipinski definition) is 6. The molecule has 1 aromatic carbocycles. The van der Waals surface area contributed by atoms with Gasteiger partial charge in [-0.05, 0) is 24.1 Å². The Bertz CT molecular complexity index is 524. The lowest BCUT2D eigenvalue weighted by atomic mass is 10.1. The van der Waals surface area contributed by atoms with Crippen molar-refractivity contribution >= 4 is 5.91 Å². The summed E-state index contributed by atoms with van der Waals surface area (Å²) in [5.41, 5.74) is 6.66. The van der Waals surface area contributed by atoms with E-state index in [9.17, 15) is 4.79 Å². The smallest absolute Gasteiger partial charge is 0.237 e. The van der Waals surface area contributed by atoms with Gasteiger partial charge in [0, 0.05) is 0 Å². The third-order valence-corrected chi connectivity index (χ3v) is 2.56. The number of aromatic hydroxyl groups is 1. The standard InChI is InChI=1S/C12H14N4O3/c13-10(5-8-1-3-9(17)4-2-8)12(18)14-6-11-15-7-19-16-11/h1-4,7,10,17H,5-6,13H2,(H,14,18)/t10-/m1/s1. The summed E-state index contributed by atoms with van der Waals surface area (Å²) in [7, 11) is 0. The van der Waals surface area contributed by atoms with Crippen molar-refractivity contribution in [3.63, 3.8) is 0 Å². The third-order valence-electron chi connectivity index (χ3n) is 2.56. The Labute approximate surface area is 109 Å². The van der Waals surface area contributed by atoms with Crippen molar-refractivity contribution in [1.29, 1.82) is 0 Å². The second-order valence-electron chi connectivity index (χ2n) is 4.04. The minimum absolute atomic E-state index is 0.179. The zero-order chi connectivity index (χ0) is 13.7. The number of benzene rings is 1. The molecule has 0 saturated carbocycles. The van der Waals surface area contributed by atoms with Crippen molar-refractivity contribution in [2.24, 2.45) is 5.73 Å². The molecule has 0 spiro atoms. The molecule has 4 N–H and O–H groups in total. The van der Waals surface area contributed by atoms with Crippen molar-refractivity contribution < 1.29 is 14.4 Å². The molecular formula is C12H14N4O3. The fourth-order valence-electron chi connectivity index (χ4n) is 1.55. The molecule has 0 unspecified atom stereocenters. The van der Waals surface area contributed by atoms with Crippen LogP contribution in [0.4, 0.5) is 0 Å². The molecule has 1 aromatic heterocycles. The van der Waals surface area contributed by atoms with Crippen LogP contribution in [0.1, 0.15) is 11.4 Å². The van der Waals surface area contributed by atoms with Crippen molar-refractivity contribution in [3.8, 4) is 5.75 Å². The molecule has 0 fully saturated rings. The van der Waals surface area contributed by atoms with Gasteiger partial charge >= 0.3 is 0 Å². The molecule has 2 aromatic rings. The average Bonchev–Trinajstić information content (AvgIpc) is 2.91. The largest absolute Gasteiger partial charge is 0.508 e. The minimum Gasteiger partial charge on any atom is -0.508 e. The van der Waals surface area contributed by atoms with E-state index >= 15 is 0 Å². The third kappa shape index (κ3) is 3.78. The molecule has 19 heavy (non-hydrogen) atoms. The van der Waals surface area contributed by atoms with Crippen LogP contribution in [-0.4, -0.2) is 27.2 Å². The molecular weight excluding hydrogens is 248 g/mol. The van der Waals surface area contributed by atoms with Gasteiger partial charge in [0.1, 0.15) is 5.75 Å². The number of carbonyl (C=O) groups is 1. The number of nitrogens with two attached hydrogens (primary N) is 1. The van der Waals surface area contributed by atoms with Gasteiger partial charge in [0.25, 0.3) is 0 Å². The quantitative estimate of drug-likeness (QED) is 0.696. The summed E-state index contributed by atoms with van der Waals surface area (Å²) in [5, 5.41) is 15.3. The maximum Gasteiger partial charge on any atom is 0.237 e. The summed E-state index contributed by atoms with van der Waals surface area (Å²) in [4.78, 5) is 15.5. The van der Waals surface area contributed by atoms with E-state index in [-0.39, 0.29) is 18.2 Å². The van der Waals surface area contributed by atoms with E-state index in [0.717, 1.165) is 5.56 Å². The number of amides is 1. The number of aromatic nitrogens is 2. The van der Waals surface area contributed by atoms with E-state index in [1.165, 1.54) is 6.39 Å². The first-order valence-corrected chi connectivity index (χ1v) is 5.71. The Morgan fingerprint density at radius 2 is 2.16 bits per heavy atom. The molecule has 0 radical (unpaired) electrons. The molecule has 7 nitrogen and oxygen atoms in total. The molecule has 0 saturated heterocycles. The molecule has 0 aliphatic heterocycles. The van der Waals surface area contributed by atoms with Crippen molar-refractivity contribution in [3.05, 3.63) is 42.0 Å². The zero-order valence-corrected chi connectivity index (χ0v) is 10.1. The van der Waals surface area contributed by atoms with Crippen LogP contribution in [0.15, 0.2) is 35.2 Å². The summed E-state index contributed by atoms with van der Waals surface area (Å²) in [6, 6.07) is 5.89. The van der Waals surface area contributed by atoms with Gasteiger partial charge in [-0.2, -0.15) is 4.98 Å². The summed E-state index contributed by atoms with van der Waals surface area (Å²) < 4.78 is 4.55. The fourth-order valence-corrected chi connectivity index (χ4v) is 1.55. The van der Waals surface area contributed by atoms with E-state index < -0.39 is 6.04 Å². The highest BCUT2D eigenvalue weighted by Crippen LogP contribution is 2.10. The number of hydrogen-bond donors (Lipinski definition) is 3. The first-order chi connectivity index (χ1) is 9.15. The van der Waals surface area contributed by atoms with E-state index in [0.29, 0.717) is 12.2 Å². The number of rotatable bonds is 5. The number of phenols is 1. The summed E-state index contributed by atoms with van der Waals surface area (Å²) in [6.07, 6.45) is 1.58.